The molecule has 1 aromatic heterocycles. The quantitative estimate of drug-likeness (QED) is 0.642. The Balaban J connectivity index is 2.34. The summed E-state index contributed by atoms with van der Waals surface area (Å²) in [6, 6.07) is 8.27. The fourth-order valence-electron chi connectivity index (χ4n) is 1.61. The molecule has 0 atom stereocenters. The van der Waals surface area contributed by atoms with E-state index in [0.717, 1.165) is 5.56 Å². The van der Waals surface area contributed by atoms with Crippen molar-refractivity contribution < 1.29 is 18.7 Å². The van der Waals surface area contributed by atoms with Crippen molar-refractivity contribution in [3.63, 3.8) is 0 Å². The molecule has 1 aromatic carbocycles. The van der Waals surface area contributed by atoms with E-state index in [1.54, 1.807) is 6.07 Å². The second kappa shape index (κ2) is 5.40. The molecule has 0 aliphatic heterocycles. The third-order valence-electron chi connectivity index (χ3n) is 2.59. The van der Waals surface area contributed by atoms with Crippen molar-refractivity contribution in [3.8, 4) is 0 Å². The van der Waals surface area contributed by atoms with E-state index in [1.807, 2.05) is 19.1 Å². The van der Waals surface area contributed by atoms with Crippen molar-refractivity contribution in [1.29, 1.82) is 0 Å². The van der Waals surface area contributed by atoms with E-state index in [2.05, 4.69) is 20.7 Å². The predicted octanol–water partition coefficient (Wildman–Crippen LogP) is 3.37. The summed E-state index contributed by atoms with van der Waals surface area (Å²) in [5.74, 6) is -0.789. The van der Waals surface area contributed by atoms with Gasteiger partial charge in [0.2, 0.25) is 11.5 Å². The third kappa shape index (κ3) is 2.76. The summed E-state index contributed by atoms with van der Waals surface area (Å²) in [7, 11) is 1.25. The average molecular weight is 323 g/mol. The first-order valence-corrected chi connectivity index (χ1v) is 6.31. The largest absolute Gasteiger partial charge is 0.463 e. The molecule has 2 rings (SSSR count). The highest BCUT2D eigenvalue weighted by Gasteiger charge is 2.19. The number of esters is 1. The molecule has 0 spiro atoms. The van der Waals surface area contributed by atoms with Crippen molar-refractivity contribution in [2.75, 3.05) is 7.11 Å². The van der Waals surface area contributed by atoms with Gasteiger partial charge < -0.3 is 9.15 Å². The number of carbonyl (C=O) groups is 2. The van der Waals surface area contributed by atoms with Crippen molar-refractivity contribution >= 4 is 27.7 Å². The molecule has 2 aromatic rings. The van der Waals surface area contributed by atoms with Crippen molar-refractivity contribution in [1.82, 2.24) is 0 Å². The lowest BCUT2D eigenvalue weighted by Gasteiger charge is -2.02. The van der Waals surface area contributed by atoms with Gasteiger partial charge >= 0.3 is 5.97 Å². The molecule has 0 amide bonds. The number of hydrogen-bond acceptors (Lipinski definition) is 4. The minimum Gasteiger partial charge on any atom is -0.463 e. The highest BCUT2D eigenvalue weighted by molar-refractivity contribution is 9.10. The minimum absolute atomic E-state index is 0.00841. The number of ether oxygens (including phenoxy) is 1. The Labute approximate surface area is 118 Å². The van der Waals surface area contributed by atoms with E-state index in [9.17, 15) is 9.59 Å². The molecule has 19 heavy (non-hydrogen) atoms. The second-order valence-corrected chi connectivity index (χ2v) is 4.82. The molecule has 0 fully saturated rings. The van der Waals surface area contributed by atoms with Crippen LogP contribution < -0.4 is 0 Å². The Morgan fingerprint density at radius 1 is 1.16 bits per heavy atom. The highest BCUT2D eigenvalue weighted by atomic mass is 79.9. The number of hydrogen-bond donors (Lipinski definition) is 0. The Morgan fingerprint density at radius 3 is 2.47 bits per heavy atom. The number of halogens is 1. The SMILES string of the molecule is COC(=O)c1ccc(C(=O)c2ccc(C)cc2Br)o1. The minimum atomic E-state index is -0.609. The van der Waals surface area contributed by atoms with Crippen molar-refractivity contribution in [2.24, 2.45) is 0 Å². The lowest BCUT2D eigenvalue weighted by atomic mass is 10.1. The van der Waals surface area contributed by atoms with Crippen LogP contribution in [-0.4, -0.2) is 18.9 Å². The van der Waals surface area contributed by atoms with Crippen LogP contribution in [0.3, 0.4) is 0 Å². The summed E-state index contributed by atoms with van der Waals surface area (Å²) in [4.78, 5) is 23.5. The number of ketones is 1. The number of rotatable bonds is 3. The van der Waals surface area contributed by atoms with Gasteiger partial charge in [0.15, 0.2) is 5.76 Å². The molecule has 0 aliphatic rings. The van der Waals surface area contributed by atoms with Crippen LogP contribution in [0, 0.1) is 6.92 Å². The van der Waals surface area contributed by atoms with Crippen LogP contribution in [0.2, 0.25) is 0 Å². The van der Waals surface area contributed by atoms with Gasteiger partial charge in [0, 0.05) is 10.0 Å². The van der Waals surface area contributed by atoms with Gasteiger partial charge in [-0.1, -0.05) is 22.0 Å². The van der Waals surface area contributed by atoms with Crippen LogP contribution in [0.25, 0.3) is 0 Å². The summed E-state index contributed by atoms with van der Waals surface area (Å²) < 4.78 is 10.4. The molecule has 0 bridgehead atoms. The Morgan fingerprint density at radius 2 is 1.84 bits per heavy atom. The van der Waals surface area contributed by atoms with E-state index in [0.29, 0.717) is 10.0 Å². The van der Waals surface area contributed by atoms with Crippen LogP contribution in [0.5, 0.6) is 0 Å². The summed E-state index contributed by atoms with van der Waals surface area (Å²) in [5.41, 5.74) is 1.52. The van der Waals surface area contributed by atoms with Gasteiger partial charge in [-0.25, -0.2) is 4.79 Å². The normalized spacial score (nSPS) is 10.3. The van der Waals surface area contributed by atoms with Crippen LogP contribution in [-0.2, 0) is 4.74 Å². The molecule has 0 aliphatic carbocycles. The van der Waals surface area contributed by atoms with Gasteiger partial charge in [0.05, 0.1) is 7.11 Å². The van der Waals surface area contributed by atoms with Crippen LogP contribution in [0.15, 0.2) is 39.2 Å². The Bertz CT molecular complexity index is 643. The fourth-order valence-corrected chi connectivity index (χ4v) is 2.28. The van der Waals surface area contributed by atoms with Gasteiger partial charge in [0.1, 0.15) is 0 Å². The summed E-state index contributed by atoms with van der Waals surface area (Å²) >= 11 is 3.34. The summed E-state index contributed by atoms with van der Waals surface area (Å²) in [5, 5.41) is 0. The Kier molecular flexibility index (Phi) is 3.85. The van der Waals surface area contributed by atoms with Gasteiger partial charge in [-0.2, -0.15) is 0 Å². The first-order valence-electron chi connectivity index (χ1n) is 5.52. The zero-order valence-electron chi connectivity index (χ0n) is 10.4. The number of aryl methyl sites for hydroxylation is 1. The van der Waals surface area contributed by atoms with Crippen LogP contribution >= 0.6 is 15.9 Å². The summed E-state index contributed by atoms with van der Waals surface area (Å²) in [6.07, 6.45) is 0. The molecule has 98 valence electrons. The maximum atomic E-state index is 12.2. The predicted molar refractivity (Wildman–Crippen MR) is 72.4 cm³/mol. The smallest absolute Gasteiger partial charge is 0.373 e. The van der Waals surface area contributed by atoms with Crippen molar-refractivity contribution in [2.45, 2.75) is 6.92 Å². The van der Waals surface area contributed by atoms with E-state index in [4.69, 9.17) is 4.42 Å². The third-order valence-corrected chi connectivity index (χ3v) is 3.24. The van der Waals surface area contributed by atoms with Crippen LogP contribution in [0.4, 0.5) is 0 Å². The van der Waals surface area contributed by atoms with Crippen molar-refractivity contribution in [3.05, 3.63) is 57.5 Å². The second-order valence-electron chi connectivity index (χ2n) is 3.97. The van der Waals surface area contributed by atoms with Crippen LogP contribution in [0.1, 0.15) is 32.2 Å². The first kappa shape index (κ1) is 13.5. The molecule has 0 saturated heterocycles. The van der Waals surface area contributed by atoms with Gasteiger partial charge in [0.25, 0.3) is 0 Å². The zero-order valence-corrected chi connectivity index (χ0v) is 12.0. The lowest BCUT2D eigenvalue weighted by Crippen LogP contribution is -2.02. The first-order chi connectivity index (χ1) is 9.02. The standard InChI is InChI=1S/C14H11BrO4/c1-8-3-4-9(10(15)7-8)13(16)11-5-6-12(19-11)14(17)18-2/h3-7H,1-2H3. The van der Waals surface area contributed by atoms with Gasteiger partial charge in [-0.05, 0) is 36.8 Å². The molecule has 1 heterocycles. The monoisotopic (exact) mass is 322 g/mol. The molecule has 0 unspecified atom stereocenters. The van der Waals surface area contributed by atoms with E-state index < -0.39 is 5.97 Å². The van der Waals surface area contributed by atoms with E-state index in [-0.39, 0.29) is 17.3 Å². The lowest BCUT2D eigenvalue weighted by molar-refractivity contribution is 0.0563. The molecule has 5 heteroatoms. The number of benzene rings is 1. The maximum absolute atomic E-state index is 12.2. The average Bonchev–Trinajstić information content (AvgIpc) is 2.86. The molecule has 0 radical (unpaired) electrons. The number of carbonyl (C=O) groups excluding carboxylic acids is 2. The van der Waals surface area contributed by atoms with E-state index in [1.165, 1.54) is 19.2 Å². The topological polar surface area (TPSA) is 56.5 Å². The molecule has 0 N–H and O–H groups in total. The summed E-state index contributed by atoms with van der Waals surface area (Å²) in [6.45, 7) is 1.93. The number of furan rings is 1. The van der Waals surface area contributed by atoms with E-state index >= 15 is 0 Å². The highest BCUT2D eigenvalue weighted by Crippen LogP contribution is 2.22. The maximum Gasteiger partial charge on any atom is 0.373 e. The molecular weight excluding hydrogens is 312 g/mol. The molecule has 4 nitrogen and oxygen atoms in total. The molecule has 0 saturated carbocycles. The Hall–Kier alpha value is -1.88. The van der Waals surface area contributed by atoms with Gasteiger partial charge in [-0.3, -0.25) is 4.79 Å². The molecular formula is C14H11BrO4. The zero-order chi connectivity index (χ0) is 14.0. The fraction of sp³-hybridized carbons (Fsp3) is 0.143. The number of methoxy groups -OCH3 is 1. The van der Waals surface area contributed by atoms with Gasteiger partial charge in [-0.15, -0.1) is 0 Å².